The van der Waals surface area contributed by atoms with Gasteiger partial charge in [0.2, 0.25) is 10.0 Å². The maximum absolute atomic E-state index is 13.0. The van der Waals surface area contributed by atoms with Crippen molar-refractivity contribution in [3.05, 3.63) is 47.8 Å². The Morgan fingerprint density at radius 1 is 1.30 bits per heavy atom. The highest BCUT2D eigenvalue weighted by Crippen LogP contribution is 2.46. The predicted octanol–water partition coefficient (Wildman–Crippen LogP) is 2.27. The number of benzene rings is 1. The van der Waals surface area contributed by atoms with Crippen LogP contribution in [-0.4, -0.2) is 24.2 Å². The van der Waals surface area contributed by atoms with Crippen molar-refractivity contribution in [2.24, 2.45) is 7.05 Å². The molecule has 1 heterocycles. The van der Waals surface area contributed by atoms with E-state index in [4.69, 9.17) is 0 Å². The van der Waals surface area contributed by atoms with Crippen molar-refractivity contribution in [1.29, 1.82) is 0 Å². The van der Waals surface area contributed by atoms with E-state index in [0.717, 1.165) is 6.07 Å². The van der Waals surface area contributed by atoms with E-state index in [1.54, 1.807) is 7.05 Å². The normalized spacial score (nSPS) is 21.4. The number of halogens is 3. The molecule has 2 unspecified atom stereocenters. The summed E-state index contributed by atoms with van der Waals surface area (Å²) in [5, 5.41) is 3.78. The van der Waals surface area contributed by atoms with Crippen molar-refractivity contribution in [3.63, 3.8) is 0 Å². The Balaban J connectivity index is 1.79. The van der Waals surface area contributed by atoms with Crippen LogP contribution in [0.5, 0.6) is 0 Å². The van der Waals surface area contributed by atoms with Crippen LogP contribution in [0.15, 0.2) is 41.6 Å². The van der Waals surface area contributed by atoms with Crippen molar-refractivity contribution in [2.75, 3.05) is 0 Å². The van der Waals surface area contributed by atoms with Crippen molar-refractivity contribution >= 4 is 10.0 Å². The minimum atomic E-state index is -4.45. The lowest BCUT2D eigenvalue weighted by molar-refractivity contribution is -0.138. The molecule has 23 heavy (non-hydrogen) atoms. The Bertz CT molecular complexity index is 830. The van der Waals surface area contributed by atoms with Crippen LogP contribution >= 0.6 is 0 Å². The largest absolute Gasteiger partial charge is 0.416 e. The van der Waals surface area contributed by atoms with E-state index in [1.807, 2.05) is 0 Å². The second kappa shape index (κ2) is 5.34. The maximum Gasteiger partial charge on any atom is 0.416 e. The summed E-state index contributed by atoms with van der Waals surface area (Å²) in [6.07, 6.45) is -1.58. The molecular formula is C14H14F3N3O2S. The quantitative estimate of drug-likeness (QED) is 0.925. The van der Waals surface area contributed by atoms with Gasteiger partial charge in [-0.1, -0.05) is 18.2 Å². The zero-order valence-corrected chi connectivity index (χ0v) is 12.9. The molecule has 5 nitrogen and oxygen atoms in total. The molecular weight excluding hydrogens is 331 g/mol. The van der Waals surface area contributed by atoms with Crippen LogP contribution < -0.4 is 4.72 Å². The van der Waals surface area contributed by atoms with Gasteiger partial charge in [0.05, 0.1) is 11.8 Å². The van der Waals surface area contributed by atoms with Gasteiger partial charge in [-0.2, -0.15) is 18.3 Å². The Morgan fingerprint density at radius 2 is 2.00 bits per heavy atom. The summed E-state index contributed by atoms with van der Waals surface area (Å²) < 4.78 is 67.2. The lowest BCUT2D eigenvalue weighted by atomic mass is 10.0. The van der Waals surface area contributed by atoms with Gasteiger partial charge in [0.25, 0.3) is 0 Å². The molecule has 0 amide bonds. The number of aryl methyl sites for hydroxylation is 1. The SMILES string of the molecule is Cn1cc(S(=O)(=O)NC2CC2c2ccccc2C(F)(F)F)cn1. The van der Waals surface area contributed by atoms with Crippen molar-refractivity contribution < 1.29 is 21.6 Å². The fourth-order valence-corrected chi connectivity index (χ4v) is 3.82. The third-order valence-electron chi connectivity index (χ3n) is 3.75. The second-order valence-electron chi connectivity index (χ2n) is 5.50. The Morgan fingerprint density at radius 3 is 2.61 bits per heavy atom. The van der Waals surface area contributed by atoms with Crippen LogP contribution in [0.2, 0.25) is 0 Å². The lowest BCUT2D eigenvalue weighted by Gasteiger charge is -2.12. The highest BCUT2D eigenvalue weighted by Gasteiger charge is 2.46. The van der Waals surface area contributed by atoms with E-state index < -0.39 is 33.7 Å². The molecule has 1 fully saturated rings. The van der Waals surface area contributed by atoms with Crippen molar-refractivity contribution in [3.8, 4) is 0 Å². The molecule has 1 aromatic heterocycles. The first-order valence-corrected chi connectivity index (χ1v) is 8.34. The van der Waals surface area contributed by atoms with Gasteiger partial charge < -0.3 is 0 Å². The van der Waals surface area contributed by atoms with E-state index in [0.29, 0.717) is 6.42 Å². The molecule has 2 aromatic rings. The van der Waals surface area contributed by atoms with Gasteiger partial charge >= 0.3 is 6.18 Å². The molecule has 0 aliphatic heterocycles. The fraction of sp³-hybridized carbons (Fsp3) is 0.357. The van der Waals surface area contributed by atoms with Gasteiger partial charge in [-0.15, -0.1) is 0 Å². The van der Waals surface area contributed by atoms with Gasteiger partial charge in [0.1, 0.15) is 4.90 Å². The Labute approximate surface area is 131 Å². The molecule has 1 aliphatic rings. The van der Waals surface area contributed by atoms with Gasteiger partial charge in [-0.3, -0.25) is 4.68 Å². The average molecular weight is 345 g/mol. The summed E-state index contributed by atoms with van der Waals surface area (Å²) in [6, 6.07) is 4.72. The monoisotopic (exact) mass is 345 g/mol. The van der Waals surface area contributed by atoms with Gasteiger partial charge in [0, 0.05) is 25.2 Å². The summed E-state index contributed by atoms with van der Waals surface area (Å²) in [5.41, 5.74) is -0.591. The highest BCUT2D eigenvalue weighted by molar-refractivity contribution is 7.89. The first kappa shape index (κ1) is 16.0. The number of aromatic nitrogens is 2. The van der Waals surface area contributed by atoms with Gasteiger partial charge in [0.15, 0.2) is 0 Å². The number of alkyl halides is 3. The molecule has 9 heteroatoms. The van der Waals surface area contributed by atoms with Crippen molar-refractivity contribution in [2.45, 2.75) is 29.5 Å². The zero-order chi connectivity index (χ0) is 16.8. The van der Waals surface area contributed by atoms with Crippen LogP contribution in [0.3, 0.4) is 0 Å². The molecule has 0 saturated heterocycles. The van der Waals surface area contributed by atoms with Crippen LogP contribution in [0.1, 0.15) is 23.5 Å². The number of hydrogen-bond acceptors (Lipinski definition) is 3. The minimum absolute atomic E-state index is 0.00486. The minimum Gasteiger partial charge on any atom is -0.274 e. The van der Waals surface area contributed by atoms with E-state index in [-0.39, 0.29) is 10.5 Å². The molecule has 0 bridgehead atoms. The lowest BCUT2D eigenvalue weighted by Crippen LogP contribution is -2.26. The maximum atomic E-state index is 13.0. The number of hydrogen-bond donors (Lipinski definition) is 1. The summed E-state index contributed by atoms with van der Waals surface area (Å²) in [4.78, 5) is -0.00486. The molecule has 0 spiro atoms. The Kier molecular flexibility index (Phi) is 3.72. The fourth-order valence-electron chi connectivity index (χ4n) is 2.55. The average Bonchev–Trinajstić information content (AvgIpc) is 3.05. The molecule has 1 N–H and O–H groups in total. The first-order chi connectivity index (χ1) is 10.7. The molecule has 3 rings (SSSR count). The van der Waals surface area contributed by atoms with E-state index >= 15 is 0 Å². The molecule has 124 valence electrons. The number of nitrogens with zero attached hydrogens (tertiary/aromatic N) is 2. The topological polar surface area (TPSA) is 64.0 Å². The predicted molar refractivity (Wildman–Crippen MR) is 76.1 cm³/mol. The molecule has 2 atom stereocenters. The van der Waals surface area contributed by atoms with E-state index in [2.05, 4.69) is 9.82 Å². The van der Waals surface area contributed by atoms with Crippen molar-refractivity contribution in [1.82, 2.24) is 14.5 Å². The highest BCUT2D eigenvalue weighted by atomic mass is 32.2. The van der Waals surface area contributed by atoms with E-state index in [9.17, 15) is 21.6 Å². The van der Waals surface area contributed by atoms with Gasteiger partial charge in [-0.25, -0.2) is 13.1 Å². The summed E-state index contributed by atoms with van der Waals surface area (Å²) in [5.74, 6) is -0.473. The molecule has 1 aliphatic carbocycles. The first-order valence-electron chi connectivity index (χ1n) is 6.85. The summed E-state index contributed by atoms with van der Waals surface area (Å²) in [6.45, 7) is 0. The Hall–Kier alpha value is -1.87. The van der Waals surface area contributed by atoms with Crippen LogP contribution in [0, 0.1) is 0 Å². The van der Waals surface area contributed by atoms with Crippen LogP contribution in [0.25, 0.3) is 0 Å². The summed E-state index contributed by atoms with van der Waals surface area (Å²) in [7, 11) is -2.20. The zero-order valence-electron chi connectivity index (χ0n) is 12.1. The smallest absolute Gasteiger partial charge is 0.274 e. The molecule has 0 radical (unpaired) electrons. The number of rotatable bonds is 4. The standard InChI is InChI=1S/C14H14F3N3O2S/c1-20-8-9(7-18-20)23(21,22)19-13-6-11(13)10-4-2-3-5-12(10)14(15,16)17/h2-5,7-8,11,13,19H,6H2,1H3. The number of sulfonamides is 1. The van der Waals surface area contributed by atoms with Crippen LogP contribution in [-0.2, 0) is 23.2 Å². The molecule has 1 saturated carbocycles. The third-order valence-corrected chi connectivity index (χ3v) is 5.20. The third kappa shape index (κ3) is 3.25. The number of nitrogens with one attached hydrogen (secondary N) is 1. The second-order valence-corrected chi connectivity index (χ2v) is 7.22. The van der Waals surface area contributed by atoms with Crippen LogP contribution in [0.4, 0.5) is 13.2 Å². The van der Waals surface area contributed by atoms with Gasteiger partial charge in [-0.05, 0) is 18.1 Å². The van der Waals surface area contributed by atoms with E-state index in [1.165, 1.54) is 35.3 Å². The summed E-state index contributed by atoms with van der Waals surface area (Å²) >= 11 is 0. The molecule has 1 aromatic carbocycles.